The number of hydrogen-bond donors (Lipinski definition) is 0. The summed E-state index contributed by atoms with van der Waals surface area (Å²) in [6.45, 7) is 4.80. The van der Waals surface area contributed by atoms with Crippen molar-refractivity contribution in [2.75, 3.05) is 9.80 Å². The summed E-state index contributed by atoms with van der Waals surface area (Å²) in [6, 6.07) is 58.6. The van der Waals surface area contributed by atoms with E-state index in [9.17, 15) is 0 Å². The minimum absolute atomic E-state index is 0.158. The van der Waals surface area contributed by atoms with Gasteiger partial charge in [-0.2, -0.15) is 0 Å². The molecule has 2 aliphatic carbocycles. The van der Waals surface area contributed by atoms with Crippen LogP contribution in [0, 0.1) is 0 Å². The van der Waals surface area contributed by atoms with E-state index in [1.807, 2.05) is 23.5 Å². The van der Waals surface area contributed by atoms with Gasteiger partial charge < -0.3 is 9.80 Å². The monoisotopic (exact) mass is 792 g/mol. The fourth-order valence-corrected chi connectivity index (χ4v) is 12.1. The number of hydrogen-bond acceptors (Lipinski definition) is 4. The highest BCUT2D eigenvalue weighted by Gasteiger charge is 2.37. The van der Waals surface area contributed by atoms with Gasteiger partial charge in [0, 0.05) is 41.5 Å². The molecule has 4 heteroatoms. The van der Waals surface area contributed by atoms with Gasteiger partial charge in [-0.05, 0) is 112 Å². The highest BCUT2D eigenvalue weighted by atomic mass is 32.2. The molecule has 0 bridgehead atoms. The van der Waals surface area contributed by atoms with E-state index >= 15 is 0 Å². The van der Waals surface area contributed by atoms with Gasteiger partial charge in [0.2, 0.25) is 0 Å². The Bertz CT molecular complexity index is 3070. The van der Waals surface area contributed by atoms with E-state index in [0.717, 1.165) is 12.8 Å². The third-order valence-electron chi connectivity index (χ3n) is 12.7. The van der Waals surface area contributed by atoms with Crippen molar-refractivity contribution < 1.29 is 0 Å². The Balaban J connectivity index is 0.954. The highest BCUT2D eigenvalue weighted by molar-refractivity contribution is 8.03. The van der Waals surface area contributed by atoms with Gasteiger partial charge >= 0.3 is 0 Å². The standard InChI is InChI=1S/C55H40N2S2/c1-55(2)44-33-35(28-31-40(44)41-32-29-36(34-45(41)55)56-46-19-7-11-23-50(46)58-51-24-12-8-20-47(51)56)27-30-39-37-15-3-5-17-42(37)54(43-18-6-4-16-38(39)43)57-48-21-9-13-25-52(48)59-53-26-14-10-22-49(53)57/h3-11,13-23,25-34H,12,24H2,1-2H3/b30-27+. The number of thioether (sulfide) groups is 1. The van der Waals surface area contributed by atoms with E-state index in [4.69, 9.17) is 0 Å². The molecule has 4 aliphatic rings. The van der Waals surface area contributed by atoms with Crippen LogP contribution in [0.5, 0.6) is 0 Å². The van der Waals surface area contributed by atoms with Crippen molar-refractivity contribution in [3.8, 4) is 11.1 Å². The van der Waals surface area contributed by atoms with Crippen molar-refractivity contribution >= 4 is 85.7 Å². The van der Waals surface area contributed by atoms with Crippen LogP contribution in [0.25, 0.3) is 44.8 Å². The first-order valence-electron chi connectivity index (χ1n) is 20.6. The first kappa shape index (κ1) is 34.8. The second-order valence-electron chi connectivity index (χ2n) is 16.4. The van der Waals surface area contributed by atoms with Crippen molar-refractivity contribution in [1.29, 1.82) is 0 Å². The predicted octanol–water partition coefficient (Wildman–Crippen LogP) is 16.2. The topological polar surface area (TPSA) is 6.48 Å². The molecule has 0 unspecified atom stereocenters. The second kappa shape index (κ2) is 13.4. The number of benzene rings is 8. The molecule has 0 saturated carbocycles. The molecule has 0 fully saturated rings. The zero-order valence-electron chi connectivity index (χ0n) is 32.9. The SMILES string of the molecule is CC1(C)c2cc(/C=C/c3c4ccccc4c(N4c5ccccc5Sc5ccccc54)c4ccccc34)ccc2-c2ccc(N3C4=C(CCC=C4)Sc4ccccc43)cc21. The third-order valence-corrected chi connectivity index (χ3v) is 15.0. The van der Waals surface area contributed by atoms with Crippen LogP contribution in [0.2, 0.25) is 0 Å². The molecule has 0 aromatic heterocycles. The van der Waals surface area contributed by atoms with E-state index < -0.39 is 0 Å². The molecule has 0 amide bonds. The summed E-state index contributed by atoms with van der Waals surface area (Å²) < 4.78 is 0. The maximum Gasteiger partial charge on any atom is 0.0619 e. The summed E-state index contributed by atoms with van der Waals surface area (Å²) in [5, 5.41) is 4.97. The molecular weight excluding hydrogens is 753 g/mol. The Morgan fingerprint density at radius 3 is 1.73 bits per heavy atom. The number of fused-ring (bicyclic) bond motifs is 8. The van der Waals surface area contributed by atoms with Crippen LogP contribution in [0.15, 0.2) is 195 Å². The highest BCUT2D eigenvalue weighted by Crippen LogP contribution is 2.56. The molecular formula is C55H40N2S2. The second-order valence-corrected chi connectivity index (χ2v) is 18.6. The first-order valence-corrected chi connectivity index (χ1v) is 22.2. The summed E-state index contributed by atoms with van der Waals surface area (Å²) in [6.07, 6.45) is 11.5. The molecule has 0 N–H and O–H groups in total. The molecule has 8 aromatic rings. The van der Waals surface area contributed by atoms with E-state index in [0.29, 0.717) is 0 Å². The molecule has 0 atom stereocenters. The molecule has 8 aromatic carbocycles. The van der Waals surface area contributed by atoms with Crippen LogP contribution < -0.4 is 9.80 Å². The Morgan fingerprint density at radius 1 is 0.525 bits per heavy atom. The van der Waals surface area contributed by atoms with Gasteiger partial charge in [-0.25, -0.2) is 0 Å². The van der Waals surface area contributed by atoms with Crippen LogP contribution in [0.4, 0.5) is 28.4 Å². The molecule has 0 radical (unpaired) electrons. The van der Waals surface area contributed by atoms with Gasteiger partial charge in [0.15, 0.2) is 0 Å². The van der Waals surface area contributed by atoms with Crippen LogP contribution in [-0.4, -0.2) is 0 Å². The average Bonchev–Trinajstić information content (AvgIpc) is 3.50. The Hall–Kier alpha value is -6.20. The Kier molecular flexibility index (Phi) is 7.92. The summed E-state index contributed by atoms with van der Waals surface area (Å²) in [7, 11) is 0. The van der Waals surface area contributed by atoms with Crippen molar-refractivity contribution in [3.63, 3.8) is 0 Å². The number of allylic oxidation sites excluding steroid dienone is 3. The normalized spacial score (nSPS) is 15.9. The van der Waals surface area contributed by atoms with Crippen molar-refractivity contribution in [1.82, 2.24) is 0 Å². The van der Waals surface area contributed by atoms with Gasteiger partial charge in [0.1, 0.15) is 0 Å². The minimum Gasteiger partial charge on any atom is -0.309 e. The fourth-order valence-electron chi connectivity index (χ4n) is 9.87. The van der Waals surface area contributed by atoms with Crippen molar-refractivity contribution in [2.24, 2.45) is 0 Å². The molecule has 2 nitrogen and oxygen atoms in total. The molecule has 12 rings (SSSR count). The Morgan fingerprint density at radius 2 is 1.07 bits per heavy atom. The smallest absolute Gasteiger partial charge is 0.0619 e. The summed E-state index contributed by atoms with van der Waals surface area (Å²) in [4.78, 5) is 10.3. The van der Waals surface area contributed by atoms with E-state index in [1.54, 1.807) is 0 Å². The van der Waals surface area contributed by atoms with Crippen LogP contribution in [0.3, 0.4) is 0 Å². The Labute approximate surface area is 354 Å². The van der Waals surface area contributed by atoms with Gasteiger partial charge in [0.05, 0.1) is 28.4 Å². The number of rotatable bonds is 4. The summed E-state index contributed by atoms with van der Waals surface area (Å²) in [5.74, 6) is 0. The van der Waals surface area contributed by atoms with Crippen molar-refractivity contribution in [2.45, 2.75) is 46.8 Å². The number of para-hydroxylation sites is 3. The predicted molar refractivity (Wildman–Crippen MR) is 253 cm³/mol. The van der Waals surface area contributed by atoms with Crippen LogP contribution in [0.1, 0.15) is 48.9 Å². The van der Waals surface area contributed by atoms with Crippen molar-refractivity contribution in [3.05, 3.63) is 203 Å². The molecule has 0 saturated heterocycles. The number of anilines is 5. The zero-order valence-corrected chi connectivity index (χ0v) is 34.6. The first-order chi connectivity index (χ1) is 29.0. The zero-order chi connectivity index (χ0) is 39.2. The van der Waals surface area contributed by atoms with Gasteiger partial charge in [-0.3, -0.25) is 0 Å². The van der Waals surface area contributed by atoms with E-state index in [2.05, 4.69) is 206 Å². The maximum atomic E-state index is 2.50. The molecule has 2 heterocycles. The largest absolute Gasteiger partial charge is 0.309 e. The van der Waals surface area contributed by atoms with Crippen LogP contribution >= 0.6 is 23.5 Å². The summed E-state index contributed by atoms with van der Waals surface area (Å²) >= 11 is 3.79. The summed E-state index contributed by atoms with van der Waals surface area (Å²) in [5.41, 5.74) is 15.2. The lowest BCUT2D eigenvalue weighted by Gasteiger charge is -2.36. The lowest BCUT2D eigenvalue weighted by Crippen LogP contribution is -2.22. The molecule has 0 spiro atoms. The minimum atomic E-state index is -0.158. The maximum absolute atomic E-state index is 2.50. The lowest BCUT2D eigenvalue weighted by atomic mass is 9.81. The lowest BCUT2D eigenvalue weighted by molar-refractivity contribution is 0.660. The van der Waals surface area contributed by atoms with Gasteiger partial charge in [-0.1, -0.05) is 165 Å². The third kappa shape index (κ3) is 5.36. The van der Waals surface area contributed by atoms with E-state index in [-0.39, 0.29) is 5.41 Å². The average molecular weight is 793 g/mol. The fraction of sp³-hybridized carbons (Fsp3) is 0.0909. The van der Waals surface area contributed by atoms with Crippen LogP contribution in [-0.2, 0) is 5.41 Å². The molecule has 59 heavy (non-hydrogen) atoms. The van der Waals surface area contributed by atoms with E-state index in [1.165, 1.54) is 109 Å². The quantitative estimate of drug-likeness (QED) is 0.129. The molecule has 282 valence electrons. The molecule has 2 aliphatic heterocycles. The van der Waals surface area contributed by atoms with Gasteiger partial charge in [0.25, 0.3) is 0 Å². The number of nitrogens with zero attached hydrogens (tertiary/aromatic N) is 2. The van der Waals surface area contributed by atoms with Gasteiger partial charge in [-0.15, -0.1) is 0 Å².